The average Bonchev–Trinajstić information content (AvgIpc) is 2.99. The molecule has 2 aliphatic rings. The lowest BCUT2D eigenvalue weighted by Crippen LogP contribution is -2.40. The number of thioether (sulfide) groups is 1. The van der Waals surface area contributed by atoms with E-state index in [1.54, 1.807) is 0 Å². The Morgan fingerprint density at radius 2 is 1.83 bits per heavy atom. The number of amides is 1. The number of likely N-dealkylation sites (tertiary alicyclic amines) is 1. The number of carbonyl (C=O) groups excluding carboxylic acids is 1. The first kappa shape index (κ1) is 13.7. The number of carbonyl (C=O) groups is 2. The van der Waals surface area contributed by atoms with Crippen LogP contribution in [0.15, 0.2) is 0 Å². The second-order valence-electron chi connectivity index (χ2n) is 5.23. The molecule has 1 unspecified atom stereocenters. The van der Waals surface area contributed by atoms with E-state index in [4.69, 9.17) is 5.11 Å². The summed E-state index contributed by atoms with van der Waals surface area (Å²) in [6.45, 7) is 0.869. The van der Waals surface area contributed by atoms with Gasteiger partial charge >= 0.3 is 5.97 Å². The highest BCUT2D eigenvalue weighted by Gasteiger charge is 2.35. The van der Waals surface area contributed by atoms with Gasteiger partial charge in [0.05, 0.1) is 11.5 Å². The average molecular weight is 271 g/mol. The molecule has 18 heavy (non-hydrogen) atoms. The van der Waals surface area contributed by atoms with Gasteiger partial charge in [0.15, 0.2) is 0 Å². The lowest BCUT2D eigenvalue weighted by Gasteiger charge is -2.29. The van der Waals surface area contributed by atoms with E-state index in [2.05, 4.69) is 0 Å². The third-order valence-corrected chi connectivity index (χ3v) is 4.92. The Morgan fingerprint density at radius 1 is 1.11 bits per heavy atom. The van der Waals surface area contributed by atoms with Gasteiger partial charge < -0.3 is 10.0 Å². The summed E-state index contributed by atoms with van der Waals surface area (Å²) in [7, 11) is 0. The van der Waals surface area contributed by atoms with E-state index in [-0.39, 0.29) is 11.7 Å². The molecule has 0 bridgehead atoms. The number of nitrogens with zero attached hydrogens (tertiary/aromatic N) is 1. The highest BCUT2D eigenvalue weighted by molar-refractivity contribution is 8.00. The second-order valence-corrected chi connectivity index (χ2v) is 6.21. The third kappa shape index (κ3) is 3.40. The Balaban J connectivity index is 1.82. The molecule has 1 saturated carbocycles. The summed E-state index contributed by atoms with van der Waals surface area (Å²) < 4.78 is 0. The molecule has 1 heterocycles. The van der Waals surface area contributed by atoms with Gasteiger partial charge in [-0.3, -0.25) is 9.59 Å². The zero-order valence-corrected chi connectivity index (χ0v) is 11.5. The van der Waals surface area contributed by atoms with Crippen LogP contribution in [0.3, 0.4) is 0 Å². The van der Waals surface area contributed by atoms with Gasteiger partial charge in [-0.2, -0.15) is 0 Å². The van der Waals surface area contributed by atoms with Crippen LogP contribution in [-0.2, 0) is 9.59 Å². The Morgan fingerprint density at radius 3 is 2.50 bits per heavy atom. The van der Waals surface area contributed by atoms with E-state index in [1.165, 1.54) is 37.4 Å². The maximum Gasteiger partial charge on any atom is 0.313 e. The van der Waals surface area contributed by atoms with Crippen molar-refractivity contribution in [3.8, 4) is 0 Å². The summed E-state index contributed by atoms with van der Waals surface area (Å²) in [5, 5.41) is 8.57. The first-order valence-corrected chi connectivity index (χ1v) is 7.93. The molecule has 1 aliphatic carbocycles. The fourth-order valence-electron chi connectivity index (χ4n) is 3.24. The van der Waals surface area contributed by atoms with Crippen LogP contribution >= 0.6 is 11.8 Å². The Kier molecular flexibility index (Phi) is 4.92. The minimum absolute atomic E-state index is 0.0215. The summed E-state index contributed by atoms with van der Waals surface area (Å²) in [5.74, 6) is 0.321. The van der Waals surface area contributed by atoms with Crippen LogP contribution in [-0.4, -0.2) is 46.0 Å². The van der Waals surface area contributed by atoms with Gasteiger partial charge in [-0.25, -0.2) is 0 Å². The predicted octanol–water partition coefficient (Wildman–Crippen LogP) is 1.99. The van der Waals surface area contributed by atoms with Crippen LogP contribution in [0.2, 0.25) is 0 Å². The number of carboxylic acid groups (broad SMARTS) is 1. The second kappa shape index (κ2) is 6.45. The van der Waals surface area contributed by atoms with Crippen molar-refractivity contribution in [2.45, 2.75) is 44.6 Å². The first-order chi connectivity index (χ1) is 8.68. The van der Waals surface area contributed by atoms with Crippen molar-refractivity contribution in [1.29, 1.82) is 0 Å². The minimum Gasteiger partial charge on any atom is -0.481 e. The number of hydrogen-bond acceptors (Lipinski definition) is 3. The number of rotatable bonds is 5. The van der Waals surface area contributed by atoms with Gasteiger partial charge in [0.25, 0.3) is 0 Å². The topological polar surface area (TPSA) is 57.6 Å². The summed E-state index contributed by atoms with van der Waals surface area (Å²) in [4.78, 5) is 24.6. The highest BCUT2D eigenvalue weighted by Crippen LogP contribution is 2.35. The number of carboxylic acids is 1. The summed E-state index contributed by atoms with van der Waals surface area (Å²) in [6, 6.07) is 0.436. The molecule has 5 heteroatoms. The summed E-state index contributed by atoms with van der Waals surface area (Å²) in [6.07, 6.45) is 7.37. The molecule has 1 N–H and O–H groups in total. The maximum atomic E-state index is 12.1. The summed E-state index contributed by atoms with van der Waals surface area (Å²) >= 11 is 1.21. The largest absolute Gasteiger partial charge is 0.481 e. The van der Waals surface area contributed by atoms with Gasteiger partial charge in [0.2, 0.25) is 5.91 Å². The van der Waals surface area contributed by atoms with Gasteiger partial charge in [-0.05, 0) is 31.6 Å². The van der Waals surface area contributed by atoms with Crippen LogP contribution in [0.1, 0.15) is 38.5 Å². The Hall–Kier alpha value is -0.710. The van der Waals surface area contributed by atoms with Crippen molar-refractivity contribution in [3.63, 3.8) is 0 Å². The zero-order valence-electron chi connectivity index (χ0n) is 10.6. The van der Waals surface area contributed by atoms with E-state index in [0.29, 0.717) is 17.7 Å². The van der Waals surface area contributed by atoms with Crippen LogP contribution < -0.4 is 0 Å². The van der Waals surface area contributed by atoms with Gasteiger partial charge in [-0.15, -0.1) is 11.8 Å². The molecule has 2 fully saturated rings. The Labute approximate surface area is 112 Å². The molecule has 1 saturated heterocycles. The van der Waals surface area contributed by atoms with E-state index in [9.17, 15) is 9.59 Å². The van der Waals surface area contributed by atoms with Gasteiger partial charge in [-0.1, -0.05) is 12.8 Å². The van der Waals surface area contributed by atoms with E-state index in [0.717, 1.165) is 19.4 Å². The highest BCUT2D eigenvalue weighted by atomic mass is 32.2. The van der Waals surface area contributed by atoms with Crippen molar-refractivity contribution >= 4 is 23.6 Å². The van der Waals surface area contributed by atoms with E-state index >= 15 is 0 Å². The molecule has 0 radical (unpaired) electrons. The molecule has 0 spiro atoms. The standard InChI is InChI=1S/C13H21NO3S/c15-12(8-18-9-13(16)17)14-7-3-6-11(14)10-4-1-2-5-10/h10-11H,1-9H2,(H,16,17). The SMILES string of the molecule is O=C(O)CSCC(=O)N1CCCC1C1CCCC1. The molecule has 0 aromatic heterocycles. The first-order valence-electron chi connectivity index (χ1n) is 6.77. The molecular weight excluding hydrogens is 250 g/mol. The van der Waals surface area contributed by atoms with Crippen molar-refractivity contribution < 1.29 is 14.7 Å². The smallest absolute Gasteiger partial charge is 0.313 e. The molecular formula is C13H21NO3S. The van der Waals surface area contributed by atoms with E-state index in [1.807, 2.05) is 4.90 Å². The molecule has 4 nitrogen and oxygen atoms in total. The monoisotopic (exact) mass is 271 g/mol. The van der Waals surface area contributed by atoms with Crippen molar-refractivity contribution in [3.05, 3.63) is 0 Å². The molecule has 0 aromatic rings. The van der Waals surface area contributed by atoms with Crippen molar-refractivity contribution in [1.82, 2.24) is 4.90 Å². The van der Waals surface area contributed by atoms with Crippen molar-refractivity contribution in [2.24, 2.45) is 5.92 Å². The molecule has 2 rings (SSSR count). The maximum absolute atomic E-state index is 12.1. The fourth-order valence-corrected chi connectivity index (χ4v) is 3.86. The minimum atomic E-state index is -0.846. The van der Waals surface area contributed by atoms with Crippen LogP contribution in [0, 0.1) is 5.92 Å². The van der Waals surface area contributed by atoms with Crippen LogP contribution in [0.4, 0.5) is 0 Å². The fraction of sp³-hybridized carbons (Fsp3) is 0.846. The molecule has 102 valence electrons. The Bertz CT molecular complexity index is 315. The normalized spacial score (nSPS) is 24.7. The van der Waals surface area contributed by atoms with Crippen molar-refractivity contribution in [2.75, 3.05) is 18.1 Å². The van der Waals surface area contributed by atoms with Gasteiger partial charge in [0, 0.05) is 12.6 Å². The summed E-state index contributed by atoms with van der Waals surface area (Å²) in [5.41, 5.74) is 0. The lowest BCUT2D eigenvalue weighted by atomic mass is 9.96. The van der Waals surface area contributed by atoms with Crippen LogP contribution in [0.25, 0.3) is 0 Å². The molecule has 1 atom stereocenters. The molecule has 0 aromatic carbocycles. The molecule has 1 amide bonds. The number of hydrogen-bond donors (Lipinski definition) is 1. The third-order valence-electron chi connectivity index (χ3n) is 4.01. The van der Waals surface area contributed by atoms with Gasteiger partial charge in [0.1, 0.15) is 0 Å². The quantitative estimate of drug-likeness (QED) is 0.830. The zero-order chi connectivity index (χ0) is 13.0. The van der Waals surface area contributed by atoms with Crippen LogP contribution in [0.5, 0.6) is 0 Å². The van der Waals surface area contributed by atoms with E-state index < -0.39 is 5.97 Å². The molecule has 1 aliphatic heterocycles. The number of aliphatic carboxylic acids is 1. The lowest BCUT2D eigenvalue weighted by molar-refractivity contribution is -0.133. The predicted molar refractivity (Wildman–Crippen MR) is 71.7 cm³/mol.